The van der Waals surface area contributed by atoms with E-state index in [-0.39, 0.29) is 26.1 Å². The zero-order chi connectivity index (χ0) is 35.1. The van der Waals surface area contributed by atoms with Crippen molar-refractivity contribution < 1.29 is 42.1 Å². The summed E-state index contributed by atoms with van der Waals surface area (Å²) in [5, 5.41) is 0. The van der Waals surface area contributed by atoms with E-state index in [0.717, 1.165) is 12.8 Å². The molecule has 9 nitrogen and oxygen atoms in total. The van der Waals surface area contributed by atoms with Crippen molar-refractivity contribution in [3.63, 3.8) is 0 Å². The molecule has 280 valence electrons. The Morgan fingerprint density at radius 2 is 1.00 bits per heavy atom. The topological polar surface area (TPSA) is 111 Å². The number of unbranched alkanes of at least 4 members (excludes halogenated alkanes) is 21. The predicted octanol–water partition coefficient (Wildman–Crippen LogP) is 9.44. The van der Waals surface area contributed by atoms with E-state index < -0.39 is 32.5 Å². The molecule has 0 aliphatic rings. The van der Waals surface area contributed by atoms with E-state index in [2.05, 4.69) is 6.92 Å². The molecule has 0 saturated heterocycles. The summed E-state index contributed by atoms with van der Waals surface area (Å²) in [4.78, 5) is 36.4. The zero-order valence-corrected chi connectivity index (χ0v) is 32.1. The molecule has 0 radical (unpaired) electrons. The van der Waals surface area contributed by atoms with Gasteiger partial charge in [0.05, 0.1) is 27.7 Å². The SMILES string of the molecule is CCCCCCCCCCCCCCCCCCCCCCCCC(=O)OC(COC(=O)CCC)COP(=O)([O-])OCC[N+](C)(C)C. The minimum absolute atomic E-state index is 0.0280. The Morgan fingerprint density at radius 1 is 0.574 bits per heavy atom. The van der Waals surface area contributed by atoms with E-state index in [0.29, 0.717) is 23.9 Å². The molecule has 0 heterocycles. The monoisotopic (exact) mass is 692 g/mol. The summed E-state index contributed by atoms with van der Waals surface area (Å²) < 4.78 is 33.1. The third kappa shape index (κ3) is 34.7. The summed E-state index contributed by atoms with van der Waals surface area (Å²) in [5.74, 6) is -0.886. The van der Waals surface area contributed by atoms with E-state index in [9.17, 15) is 19.0 Å². The van der Waals surface area contributed by atoms with Gasteiger partial charge in [0, 0.05) is 12.8 Å². The fraction of sp³-hybridized carbons (Fsp3) is 0.946. The third-order valence-corrected chi connectivity index (χ3v) is 9.31. The molecular weight excluding hydrogens is 617 g/mol. The first-order valence-corrected chi connectivity index (χ1v) is 20.7. The number of ether oxygens (including phenoxy) is 2. The molecule has 2 unspecified atom stereocenters. The third-order valence-electron chi connectivity index (χ3n) is 8.35. The molecule has 0 rings (SSSR count). The van der Waals surface area contributed by atoms with Gasteiger partial charge in [-0.15, -0.1) is 0 Å². The maximum atomic E-state index is 12.4. The van der Waals surface area contributed by atoms with Gasteiger partial charge in [0.25, 0.3) is 7.82 Å². The maximum Gasteiger partial charge on any atom is 0.306 e. The first kappa shape index (κ1) is 46.0. The van der Waals surface area contributed by atoms with Gasteiger partial charge in [-0.2, -0.15) is 0 Å². The highest BCUT2D eigenvalue weighted by Gasteiger charge is 2.21. The van der Waals surface area contributed by atoms with Crippen LogP contribution >= 0.6 is 7.82 Å². The molecule has 0 aromatic heterocycles. The van der Waals surface area contributed by atoms with E-state index in [1.165, 1.54) is 122 Å². The minimum Gasteiger partial charge on any atom is -0.756 e. The summed E-state index contributed by atoms with van der Waals surface area (Å²) in [5.41, 5.74) is 0. The highest BCUT2D eigenvalue weighted by Crippen LogP contribution is 2.38. The average molecular weight is 692 g/mol. The van der Waals surface area contributed by atoms with Crippen molar-refractivity contribution in [2.75, 3.05) is 47.5 Å². The van der Waals surface area contributed by atoms with Crippen molar-refractivity contribution in [1.82, 2.24) is 0 Å². The van der Waals surface area contributed by atoms with Crippen molar-refractivity contribution >= 4 is 19.8 Å². The second-order valence-corrected chi connectivity index (χ2v) is 15.7. The molecule has 0 saturated carbocycles. The van der Waals surface area contributed by atoms with Gasteiger partial charge in [-0.05, 0) is 12.8 Å². The number of nitrogens with zero attached hydrogens (tertiary/aromatic N) is 1. The molecule has 0 fully saturated rings. The molecule has 10 heteroatoms. The van der Waals surface area contributed by atoms with Crippen LogP contribution in [-0.4, -0.2) is 70.0 Å². The van der Waals surface area contributed by atoms with E-state index in [1.807, 2.05) is 28.1 Å². The van der Waals surface area contributed by atoms with Gasteiger partial charge in [0.2, 0.25) is 0 Å². The average Bonchev–Trinajstić information content (AvgIpc) is 3.00. The molecule has 0 spiro atoms. The van der Waals surface area contributed by atoms with Crippen LogP contribution in [0.2, 0.25) is 0 Å². The summed E-state index contributed by atoms with van der Waals surface area (Å²) >= 11 is 0. The second kappa shape index (κ2) is 31.0. The number of phosphoric acid groups is 1. The van der Waals surface area contributed by atoms with Crippen LogP contribution in [0.3, 0.4) is 0 Å². The quantitative estimate of drug-likeness (QED) is 0.0280. The van der Waals surface area contributed by atoms with Gasteiger partial charge in [0.1, 0.15) is 19.8 Å². The molecule has 2 atom stereocenters. The molecule has 0 aliphatic heterocycles. The Balaban J connectivity index is 3.89. The molecule has 47 heavy (non-hydrogen) atoms. The second-order valence-electron chi connectivity index (χ2n) is 14.3. The van der Waals surface area contributed by atoms with Gasteiger partial charge >= 0.3 is 11.9 Å². The predicted molar refractivity (Wildman–Crippen MR) is 190 cm³/mol. The van der Waals surface area contributed by atoms with E-state index in [1.54, 1.807) is 0 Å². The van der Waals surface area contributed by atoms with Crippen molar-refractivity contribution in [3.05, 3.63) is 0 Å². The normalized spacial score (nSPS) is 13.7. The van der Waals surface area contributed by atoms with E-state index in [4.69, 9.17) is 18.5 Å². The first-order valence-electron chi connectivity index (χ1n) is 19.2. The first-order chi connectivity index (χ1) is 22.5. The van der Waals surface area contributed by atoms with Crippen LogP contribution in [0.15, 0.2) is 0 Å². The molecule has 0 aliphatic carbocycles. The number of phosphoric ester groups is 1. The summed E-state index contributed by atoms with van der Waals surface area (Å²) in [6.45, 7) is 3.85. The molecule has 0 bridgehead atoms. The van der Waals surface area contributed by atoms with Gasteiger partial charge in [-0.1, -0.05) is 149 Å². The van der Waals surface area contributed by atoms with E-state index >= 15 is 0 Å². The largest absolute Gasteiger partial charge is 0.756 e. The number of hydrogen-bond acceptors (Lipinski definition) is 8. The Kier molecular flexibility index (Phi) is 30.4. The van der Waals surface area contributed by atoms with Crippen LogP contribution in [-0.2, 0) is 32.7 Å². The van der Waals surface area contributed by atoms with Gasteiger partial charge in [-0.3, -0.25) is 14.2 Å². The number of rotatable bonds is 35. The van der Waals surface area contributed by atoms with Crippen LogP contribution in [0.4, 0.5) is 0 Å². The molecular formula is C37H74NO8P. The van der Waals surface area contributed by atoms with Crippen LogP contribution < -0.4 is 4.89 Å². The Bertz CT molecular complexity index is 789. The highest BCUT2D eigenvalue weighted by atomic mass is 31.2. The smallest absolute Gasteiger partial charge is 0.306 e. The molecule has 0 aromatic rings. The summed E-state index contributed by atoms with van der Waals surface area (Å²) in [6.07, 6.45) is 28.8. The van der Waals surface area contributed by atoms with Gasteiger partial charge < -0.3 is 27.9 Å². The van der Waals surface area contributed by atoms with Crippen LogP contribution in [0.25, 0.3) is 0 Å². The number of hydrogen-bond donors (Lipinski definition) is 0. The van der Waals surface area contributed by atoms with Crippen molar-refractivity contribution in [2.45, 2.75) is 180 Å². The Labute approximate surface area is 289 Å². The lowest BCUT2D eigenvalue weighted by Crippen LogP contribution is -2.37. The zero-order valence-electron chi connectivity index (χ0n) is 31.2. The standard InChI is InChI=1S/C37H74NO8P/c1-6-8-9-10-11-12-13-14-15-16-17-18-19-20-21-22-23-24-25-26-27-28-30-37(40)46-35(33-43-36(39)29-7-2)34-45-47(41,42)44-32-31-38(3,4)5/h35H,6-34H2,1-5H3. The number of carbonyl (C=O) groups excluding carboxylic acids is 2. The lowest BCUT2D eigenvalue weighted by molar-refractivity contribution is -0.870. The summed E-state index contributed by atoms with van der Waals surface area (Å²) in [7, 11) is 1.17. The Hall–Kier alpha value is -0.990. The van der Waals surface area contributed by atoms with Crippen molar-refractivity contribution in [2.24, 2.45) is 0 Å². The molecule has 0 aromatic carbocycles. The number of likely N-dealkylation sites (N-methyl/N-ethyl adjacent to an activating group) is 1. The number of carbonyl (C=O) groups is 2. The highest BCUT2D eigenvalue weighted by molar-refractivity contribution is 7.45. The van der Waals surface area contributed by atoms with Gasteiger partial charge in [0.15, 0.2) is 6.10 Å². The van der Waals surface area contributed by atoms with Crippen LogP contribution in [0, 0.1) is 0 Å². The van der Waals surface area contributed by atoms with Crippen molar-refractivity contribution in [1.29, 1.82) is 0 Å². The van der Waals surface area contributed by atoms with Gasteiger partial charge in [-0.25, -0.2) is 0 Å². The summed E-state index contributed by atoms with van der Waals surface area (Å²) in [6, 6.07) is 0. The molecule has 0 N–H and O–H groups in total. The minimum atomic E-state index is -4.59. The number of esters is 2. The fourth-order valence-electron chi connectivity index (χ4n) is 5.34. The Morgan fingerprint density at radius 3 is 1.40 bits per heavy atom. The lowest BCUT2D eigenvalue weighted by Gasteiger charge is -2.28. The van der Waals surface area contributed by atoms with Crippen molar-refractivity contribution in [3.8, 4) is 0 Å². The maximum absolute atomic E-state index is 12.4. The van der Waals surface area contributed by atoms with Crippen LogP contribution in [0.1, 0.15) is 174 Å². The fourth-order valence-corrected chi connectivity index (χ4v) is 6.07. The number of quaternary nitrogens is 1. The van der Waals surface area contributed by atoms with Crippen LogP contribution in [0.5, 0.6) is 0 Å². The molecule has 0 amide bonds. The lowest BCUT2D eigenvalue weighted by atomic mass is 10.0.